The molecule has 2 heterocycles. The van der Waals surface area contributed by atoms with Crippen LogP contribution in [0, 0.1) is 0 Å². The van der Waals surface area contributed by atoms with E-state index in [4.69, 9.17) is 4.42 Å². The van der Waals surface area contributed by atoms with Crippen molar-refractivity contribution in [3.05, 3.63) is 81.9 Å². The van der Waals surface area contributed by atoms with Crippen LogP contribution in [0.4, 0.5) is 0 Å². The summed E-state index contributed by atoms with van der Waals surface area (Å²) >= 11 is 1.39. The lowest BCUT2D eigenvalue weighted by molar-refractivity contribution is 0.0900. The van der Waals surface area contributed by atoms with Gasteiger partial charge in [-0.3, -0.25) is 9.59 Å². The van der Waals surface area contributed by atoms with E-state index in [2.05, 4.69) is 10.6 Å². The Morgan fingerprint density at radius 1 is 1.04 bits per heavy atom. The number of benzene rings is 1. The first kappa shape index (κ1) is 17.9. The largest absolute Gasteiger partial charge is 0.467 e. The van der Waals surface area contributed by atoms with E-state index in [0.29, 0.717) is 22.7 Å². The second-order valence-electron chi connectivity index (χ2n) is 5.60. The summed E-state index contributed by atoms with van der Waals surface area (Å²) in [5.74, 6) is 0.000593. The van der Waals surface area contributed by atoms with E-state index >= 15 is 0 Å². The molecule has 1 aromatic carbocycles. The summed E-state index contributed by atoms with van der Waals surface area (Å²) in [5.41, 5.74) is 1.37. The molecule has 6 nitrogen and oxygen atoms in total. The number of furan rings is 1. The third kappa shape index (κ3) is 4.59. The number of carbonyl (C=O) groups excluding carboxylic acids is 2. The lowest BCUT2D eigenvalue weighted by Gasteiger charge is -2.10. The molecule has 0 saturated heterocycles. The molecule has 0 aliphatic carbocycles. The highest BCUT2D eigenvalue weighted by Gasteiger charge is 2.13. The molecule has 0 radical (unpaired) electrons. The number of rotatable bonds is 7. The van der Waals surface area contributed by atoms with E-state index in [0.717, 1.165) is 5.56 Å². The maximum absolute atomic E-state index is 12.1. The number of aliphatic hydroxyl groups excluding tert-OH is 1. The molecule has 0 aliphatic rings. The molecule has 2 aromatic heterocycles. The lowest BCUT2D eigenvalue weighted by Crippen LogP contribution is -2.28. The van der Waals surface area contributed by atoms with Gasteiger partial charge in [0.25, 0.3) is 11.8 Å². The minimum Gasteiger partial charge on any atom is -0.467 e. The van der Waals surface area contributed by atoms with Crippen LogP contribution in [0.3, 0.4) is 0 Å². The number of amides is 2. The average molecular weight is 370 g/mol. The van der Waals surface area contributed by atoms with E-state index in [1.54, 1.807) is 42.5 Å². The molecule has 3 aromatic rings. The highest BCUT2D eigenvalue weighted by molar-refractivity contribution is 7.12. The number of hydrogen-bond donors (Lipinski definition) is 3. The van der Waals surface area contributed by atoms with Crippen LogP contribution < -0.4 is 10.6 Å². The summed E-state index contributed by atoms with van der Waals surface area (Å²) in [7, 11) is 0. The number of aliphatic hydroxyl groups is 1. The maximum Gasteiger partial charge on any atom is 0.261 e. The third-order valence-corrected chi connectivity index (χ3v) is 4.61. The number of carbonyl (C=O) groups is 2. The normalized spacial score (nSPS) is 11.7. The Morgan fingerprint density at radius 3 is 2.50 bits per heavy atom. The van der Waals surface area contributed by atoms with Crippen molar-refractivity contribution >= 4 is 23.2 Å². The van der Waals surface area contributed by atoms with E-state index in [-0.39, 0.29) is 18.4 Å². The summed E-state index contributed by atoms with van der Waals surface area (Å²) in [6.45, 7) is 0.445. The van der Waals surface area contributed by atoms with Crippen LogP contribution in [-0.4, -0.2) is 23.5 Å². The quantitative estimate of drug-likeness (QED) is 0.596. The monoisotopic (exact) mass is 370 g/mol. The minimum absolute atomic E-state index is 0.0605. The summed E-state index contributed by atoms with van der Waals surface area (Å²) in [4.78, 5) is 24.7. The van der Waals surface area contributed by atoms with Crippen LogP contribution >= 0.6 is 11.3 Å². The Bertz CT molecular complexity index is 842. The second-order valence-corrected chi connectivity index (χ2v) is 6.55. The van der Waals surface area contributed by atoms with E-state index in [1.165, 1.54) is 17.6 Å². The summed E-state index contributed by atoms with van der Waals surface area (Å²) in [6.07, 6.45) is 0.580. The van der Waals surface area contributed by atoms with Crippen molar-refractivity contribution in [1.82, 2.24) is 10.6 Å². The van der Waals surface area contributed by atoms with Gasteiger partial charge in [0.1, 0.15) is 11.9 Å². The first-order chi connectivity index (χ1) is 12.6. The molecule has 26 heavy (non-hydrogen) atoms. The molecule has 1 atom stereocenters. The van der Waals surface area contributed by atoms with Crippen molar-refractivity contribution < 1.29 is 19.1 Å². The van der Waals surface area contributed by atoms with Crippen molar-refractivity contribution in [2.45, 2.75) is 12.6 Å². The van der Waals surface area contributed by atoms with Gasteiger partial charge in [0.05, 0.1) is 17.7 Å². The Labute approximate surface area is 154 Å². The van der Waals surface area contributed by atoms with Gasteiger partial charge in [0.2, 0.25) is 0 Å². The predicted molar refractivity (Wildman–Crippen MR) is 97.9 cm³/mol. The molecule has 3 rings (SSSR count). The molecule has 2 amide bonds. The van der Waals surface area contributed by atoms with Gasteiger partial charge < -0.3 is 20.2 Å². The third-order valence-electron chi connectivity index (χ3n) is 3.74. The fourth-order valence-corrected chi connectivity index (χ4v) is 2.96. The first-order valence-corrected chi connectivity index (χ1v) is 8.92. The minimum atomic E-state index is -0.888. The molecule has 134 valence electrons. The van der Waals surface area contributed by atoms with Gasteiger partial charge in [-0.25, -0.2) is 0 Å². The van der Waals surface area contributed by atoms with Gasteiger partial charge in [-0.2, -0.15) is 0 Å². The topological polar surface area (TPSA) is 91.6 Å². The first-order valence-electron chi connectivity index (χ1n) is 8.04. The van der Waals surface area contributed by atoms with E-state index in [1.807, 2.05) is 11.4 Å². The number of thiophene rings is 1. The highest BCUT2D eigenvalue weighted by Crippen LogP contribution is 2.12. The summed E-state index contributed by atoms with van der Waals surface area (Å²) in [5, 5.41) is 17.2. The lowest BCUT2D eigenvalue weighted by atomic mass is 10.1. The molecular formula is C19H18N2O4S. The molecule has 0 bridgehead atoms. The van der Waals surface area contributed by atoms with E-state index < -0.39 is 6.10 Å². The van der Waals surface area contributed by atoms with Crippen molar-refractivity contribution in [2.75, 3.05) is 6.54 Å². The van der Waals surface area contributed by atoms with Gasteiger partial charge >= 0.3 is 0 Å². The van der Waals surface area contributed by atoms with Crippen molar-refractivity contribution in [1.29, 1.82) is 0 Å². The zero-order valence-electron chi connectivity index (χ0n) is 13.8. The number of nitrogens with one attached hydrogen (secondary N) is 2. The molecule has 0 aliphatic heterocycles. The van der Waals surface area contributed by atoms with Crippen LogP contribution in [0.25, 0.3) is 0 Å². The van der Waals surface area contributed by atoms with E-state index in [9.17, 15) is 14.7 Å². The van der Waals surface area contributed by atoms with Gasteiger partial charge in [-0.05, 0) is 41.3 Å². The van der Waals surface area contributed by atoms with Crippen LogP contribution in [0.5, 0.6) is 0 Å². The second kappa shape index (κ2) is 8.46. The zero-order chi connectivity index (χ0) is 18.4. The van der Waals surface area contributed by atoms with Crippen molar-refractivity contribution in [3.63, 3.8) is 0 Å². The molecule has 7 heteroatoms. The SMILES string of the molecule is O=C(NCC(O)c1ccco1)c1ccc(CNC(=O)c2cccs2)cc1. The molecule has 3 N–H and O–H groups in total. The maximum atomic E-state index is 12.1. The summed E-state index contributed by atoms with van der Waals surface area (Å²) < 4.78 is 5.09. The van der Waals surface area contributed by atoms with Gasteiger partial charge in [-0.1, -0.05) is 18.2 Å². The molecule has 0 fully saturated rings. The van der Waals surface area contributed by atoms with Gasteiger partial charge in [-0.15, -0.1) is 11.3 Å². The Kier molecular flexibility index (Phi) is 5.83. The van der Waals surface area contributed by atoms with Crippen LogP contribution in [-0.2, 0) is 6.54 Å². The average Bonchev–Trinajstić information content (AvgIpc) is 3.38. The highest BCUT2D eigenvalue weighted by atomic mass is 32.1. The standard InChI is InChI=1S/C19H18N2O4S/c22-15(16-3-1-9-25-16)12-21-18(23)14-7-5-13(6-8-14)11-20-19(24)17-4-2-10-26-17/h1-10,15,22H,11-12H2,(H,20,24)(H,21,23). The Morgan fingerprint density at radius 2 is 1.85 bits per heavy atom. The Hall–Kier alpha value is -2.90. The number of hydrogen-bond acceptors (Lipinski definition) is 5. The molecule has 1 unspecified atom stereocenters. The zero-order valence-corrected chi connectivity index (χ0v) is 14.7. The van der Waals surface area contributed by atoms with Crippen molar-refractivity contribution in [2.24, 2.45) is 0 Å². The fraction of sp³-hybridized carbons (Fsp3) is 0.158. The van der Waals surface area contributed by atoms with Crippen molar-refractivity contribution in [3.8, 4) is 0 Å². The van der Waals surface area contributed by atoms with Gasteiger partial charge in [0.15, 0.2) is 0 Å². The van der Waals surface area contributed by atoms with Gasteiger partial charge in [0, 0.05) is 12.1 Å². The Balaban J connectivity index is 1.49. The molecule has 0 spiro atoms. The van der Waals surface area contributed by atoms with Crippen LogP contribution in [0.1, 0.15) is 37.5 Å². The molecule has 0 saturated carbocycles. The smallest absolute Gasteiger partial charge is 0.261 e. The van der Waals surface area contributed by atoms with Crippen LogP contribution in [0.15, 0.2) is 64.6 Å². The predicted octanol–water partition coefficient (Wildman–Crippen LogP) is 2.73. The van der Waals surface area contributed by atoms with Crippen LogP contribution in [0.2, 0.25) is 0 Å². The fourth-order valence-electron chi connectivity index (χ4n) is 2.32. The summed E-state index contributed by atoms with van der Waals surface area (Å²) in [6, 6.07) is 13.9. The molecular weight excluding hydrogens is 352 g/mol.